The minimum Gasteiger partial charge on any atom is -0.480 e. The molecule has 2 unspecified atom stereocenters. The predicted molar refractivity (Wildman–Crippen MR) is 55.4 cm³/mol. The Morgan fingerprint density at radius 1 is 1.69 bits per heavy atom. The molecule has 0 saturated heterocycles. The summed E-state index contributed by atoms with van der Waals surface area (Å²) >= 11 is 0. The quantitative estimate of drug-likeness (QED) is 0.533. The first-order valence-electron chi connectivity index (χ1n) is 4.82. The van der Waals surface area contributed by atoms with Crippen LogP contribution < -0.4 is 11.1 Å². The van der Waals surface area contributed by atoms with E-state index in [1.807, 2.05) is 0 Å². The number of hydrogen-bond acceptors (Lipinski definition) is 4. The first-order chi connectivity index (χ1) is 7.56. The monoisotopic (exact) mass is 226 g/mol. The second-order valence-corrected chi connectivity index (χ2v) is 3.27. The number of carboxylic acid groups (broad SMARTS) is 1. The van der Waals surface area contributed by atoms with Crippen molar-refractivity contribution in [3.63, 3.8) is 0 Å². The van der Waals surface area contributed by atoms with Crippen molar-refractivity contribution in [2.24, 2.45) is 5.73 Å². The van der Waals surface area contributed by atoms with Gasteiger partial charge in [0.1, 0.15) is 6.04 Å². The molecular weight excluding hydrogens is 212 g/mol. The van der Waals surface area contributed by atoms with Crippen LogP contribution in [-0.2, 0) is 9.59 Å². The molecule has 0 spiro atoms. The maximum atomic E-state index is 11.3. The van der Waals surface area contributed by atoms with E-state index in [1.165, 1.54) is 12.5 Å². The fraction of sp³-hybridized carbons (Fsp3) is 0.444. The van der Waals surface area contributed by atoms with Gasteiger partial charge in [0.2, 0.25) is 5.91 Å². The molecule has 0 aromatic carbocycles. The van der Waals surface area contributed by atoms with Gasteiger partial charge in [-0.25, -0.2) is 4.98 Å². The zero-order chi connectivity index (χ0) is 12.1. The van der Waals surface area contributed by atoms with Gasteiger partial charge in [-0.3, -0.25) is 9.59 Å². The summed E-state index contributed by atoms with van der Waals surface area (Å²) < 4.78 is 0. The molecule has 0 fully saturated rings. The minimum atomic E-state index is -1.21. The Morgan fingerprint density at radius 3 is 2.81 bits per heavy atom. The van der Waals surface area contributed by atoms with Gasteiger partial charge in [0.25, 0.3) is 0 Å². The molecule has 1 aromatic rings. The molecule has 0 aliphatic rings. The van der Waals surface area contributed by atoms with Gasteiger partial charge < -0.3 is 21.1 Å². The van der Waals surface area contributed by atoms with Gasteiger partial charge in [-0.2, -0.15) is 0 Å². The molecule has 0 saturated carbocycles. The van der Waals surface area contributed by atoms with Crippen LogP contribution in [0, 0.1) is 0 Å². The van der Waals surface area contributed by atoms with Crippen LogP contribution in [0.1, 0.15) is 25.1 Å². The highest BCUT2D eigenvalue weighted by Crippen LogP contribution is 2.13. The summed E-state index contributed by atoms with van der Waals surface area (Å²) in [4.78, 5) is 28.5. The van der Waals surface area contributed by atoms with Crippen molar-refractivity contribution >= 4 is 11.9 Å². The summed E-state index contributed by atoms with van der Waals surface area (Å²) in [5.41, 5.74) is 5.96. The van der Waals surface area contributed by atoms with E-state index in [4.69, 9.17) is 10.8 Å². The lowest BCUT2D eigenvalue weighted by Crippen LogP contribution is -2.45. The Morgan fingerprint density at radius 2 is 2.38 bits per heavy atom. The lowest BCUT2D eigenvalue weighted by molar-refractivity contribution is -0.139. The molecule has 16 heavy (non-hydrogen) atoms. The van der Waals surface area contributed by atoms with Crippen LogP contribution in [0.25, 0.3) is 0 Å². The minimum absolute atomic E-state index is 0.261. The second kappa shape index (κ2) is 5.26. The summed E-state index contributed by atoms with van der Waals surface area (Å²) in [7, 11) is 0. The highest BCUT2D eigenvalue weighted by atomic mass is 16.4. The maximum absolute atomic E-state index is 11.3. The number of carbonyl (C=O) groups excluding carboxylic acids is 1. The van der Waals surface area contributed by atoms with Crippen LogP contribution in [0.15, 0.2) is 12.5 Å². The Labute approximate surface area is 92.1 Å². The first kappa shape index (κ1) is 12.2. The first-order valence-corrected chi connectivity index (χ1v) is 4.82. The van der Waals surface area contributed by atoms with Gasteiger partial charge in [0.05, 0.1) is 24.3 Å². The van der Waals surface area contributed by atoms with Crippen LogP contribution in [-0.4, -0.2) is 33.0 Å². The van der Waals surface area contributed by atoms with E-state index < -0.39 is 18.1 Å². The molecule has 0 aliphatic heterocycles. The SMILES string of the molecule is CCC(=O)NC(c1cnc[nH]1)C(N)C(=O)O. The van der Waals surface area contributed by atoms with E-state index in [9.17, 15) is 9.59 Å². The standard InChI is InChI=1S/C9H14N4O3/c1-2-6(14)13-8(7(10)9(15)16)5-3-11-4-12-5/h3-4,7-8H,2,10H2,1H3,(H,11,12)(H,13,14)(H,15,16). The summed E-state index contributed by atoms with van der Waals surface area (Å²) in [6.07, 6.45) is 3.09. The number of imidazole rings is 1. The molecule has 7 nitrogen and oxygen atoms in total. The second-order valence-electron chi connectivity index (χ2n) is 3.27. The number of carbonyl (C=O) groups is 2. The zero-order valence-corrected chi connectivity index (χ0v) is 8.80. The van der Waals surface area contributed by atoms with Crippen molar-refractivity contribution in [2.75, 3.05) is 0 Å². The molecule has 0 radical (unpaired) electrons. The third-order valence-electron chi connectivity index (χ3n) is 2.14. The number of hydrogen-bond donors (Lipinski definition) is 4. The molecule has 0 aliphatic carbocycles. The number of nitrogens with two attached hydrogens (primary N) is 1. The molecule has 7 heteroatoms. The molecular formula is C9H14N4O3. The number of amides is 1. The molecule has 5 N–H and O–H groups in total. The Bertz CT molecular complexity index is 363. The number of aromatic nitrogens is 2. The average molecular weight is 226 g/mol. The lowest BCUT2D eigenvalue weighted by Gasteiger charge is -2.20. The van der Waals surface area contributed by atoms with Crippen LogP contribution in [0.4, 0.5) is 0 Å². The highest BCUT2D eigenvalue weighted by Gasteiger charge is 2.27. The van der Waals surface area contributed by atoms with Crippen molar-refractivity contribution in [1.82, 2.24) is 15.3 Å². The van der Waals surface area contributed by atoms with Crippen molar-refractivity contribution < 1.29 is 14.7 Å². The zero-order valence-electron chi connectivity index (χ0n) is 8.80. The van der Waals surface area contributed by atoms with Crippen molar-refractivity contribution in [2.45, 2.75) is 25.4 Å². The molecule has 0 bridgehead atoms. The van der Waals surface area contributed by atoms with Crippen molar-refractivity contribution in [1.29, 1.82) is 0 Å². The van der Waals surface area contributed by atoms with E-state index in [0.717, 1.165) is 0 Å². The number of carboxylic acids is 1. The summed E-state index contributed by atoms with van der Waals surface area (Å²) in [6, 6.07) is -2.01. The van der Waals surface area contributed by atoms with Gasteiger partial charge >= 0.3 is 5.97 Å². The molecule has 88 valence electrons. The smallest absolute Gasteiger partial charge is 0.323 e. The highest BCUT2D eigenvalue weighted by molar-refractivity contribution is 5.79. The third-order valence-corrected chi connectivity index (χ3v) is 2.14. The molecule has 1 amide bonds. The van der Waals surface area contributed by atoms with Crippen LogP contribution >= 0.6 is 0 Å². The van der Waals surface area contributed by atoms with E-state index in [2.05, 4.69) is 15.3 Å². The number of aliphatic carboxylic acids is 1. The predicted octanol–water partition coefficient (Wildman–Crippen LogP) is -0.611. The average Bonchev–Trinajstić information content (AvgIpc) is 2.77. The van der Waals surface area contributed by atoms with Crippen molar-refractivity contribution in [3.8, 4) is 0 Å². The summed E-state index contributed by atoms with van der Waals surface area (Å²) in [6.45, 7) is 1.67. The number of rotatable bonds is 5. The van der Waals surface area contributed by atoms with E-state index >= 15 is 0 Å². The van der Waals surface area contributed by atoms with E-state index in [0.29, 0.717) is 5.69 Å². The van der Waals surface area contributed by atoms with Gasteiger partial charge in [-0.05, 0) is 0 Å². The number of nitrogens with one attached hydrogen (secondary N) is 2. The molecule has 2 atom stereocenters. The fourth-order valence-corrected chi connectivity index (χ4v) is 1.22. The molecule has 1 heterocycles. The Balaban J connectivity index is 2.85. The summed E-state index contributed by atoms with van der Waals surface area (Å²) in [5, 5.41) is 11.4. The van der Waals surface area contributed by atoms with Crippen molar-refractivity contribution in [3.05, 3.63) is 18.2 Å². The largest absolute Gasteiger partial charge is 0.480 e. The third kappa shape index (κ3) is 2.80. The topological polar surface area (TPSA) is 121 Å². The number of H-pyrrole nitrogens is 1. The lowest BCUT2D eigenvalue weighted by atomic mass is 10.1. The van der Waals surface area contributed by atoms with E-state index in [1.54, 1.807) is 6.92 Å². The van der Waals surface area contributed by atoms with Gasteiger partial charge in [-0.15, -0.1) is 0 Å². The van der Waals surface area contributed by atoms with Gasteiger partial charge in [0.15, 0.2) is 0 Å². The summed E-state index contributed by atoms with van der Waals surface area (Å²) in [5.74, 6) is -1.45. The number of nitrogens with zero attached hydrogens (tertiary/aromatic N) is 1. The Kier molecular flexibility index (Phi) is 4.01. The van der Waals surface area contributed by atoms with Crippen LogP contribution in [0.5, 0.6) is 0 Å². The molecule has 1 rings (SSSR count). The molecule has 1 aromatic heterocycles. The van der Waals surface area contributed by atoms with Crippen LogP contribution in [0.2, 0.25) is 0 Å². The number of aromatic amines is 1. The van der Waals surface area contributed by atoms with Gasteiger partial charge in [0, 0.05) is 6.42 Å². The Hall–Kier alpha value is -1.89. The fourth-order valence-electron chi connectivity index (χ4n) is 1.22. The maximum Gasteiger partial charge on any atom is 0.323 e. The van der Waals surface area contributed by atoms with Crippen LogP contribution in [0.3, 0.4) is 0 Å². The normalized spacial score (nSPS) is 14.1. The van der Waals surface area contributed by atoms with E-state index in [-0.39, 0.29) is 12.3 Å². The van der Waals surface area contributed by atoms with Gasteiger partial charge in [-0.1, -0.05) is 6.92 Å².